The number of benzene rings is 1. The Kier molecular flexibility index (Phi) is 4.01. The van der Waals surface area contributed by atoms with Gasteiger partial charge in [0.1, 0.15) is 12.4 Å². The van der Waals surface area contributed by atoms with Gasteiger partial charge in [0.15, 0.2) is 0 Å². The molecule has 1 unspecified atom stereocenters. The van der Waals surface area contributed by atoms with E-state index in [2.05, 4.69) is 16.5 Å². The summed E-state index contributed by atoms with van der Waals surface area (Å²) in [5.41, 5.74) is 6.79. The van der Waals surface area contributed by atoms with Crippen LogP contribution in [0.2, 0.25) is 0 Å². The van der Waals surface area contributed by atoms with Crippen LogP contribution in [0.5, 0.6) is 0 Å². The molecular formula is C14H15N5O. The summed E-state index contributed by atoms with van der Waals surface area (Å²) in [7, 11) is 0. The molecule has 1 amide bonds. The molecule has 0 fully saturated rings. The molecule has 1 heterocycles. The molecule has 1 aromatic heterocycles. The van der Waals surface area contributed by atoms with E-state index in [1.54, 1.807) is 24.4 Å². The topological polar surface area (TPSA) is 96.7 Å². The molecule has 3 N–H and O–H groups in total. The van der Waals surface area contributed by atoms with E-state index < -0.39 is 5.91 Å². The number of nitrogens with one attached hydrogen (secondary N) is 1. The van der Waals surface area contributed by atoms with Crippen molar-refractivity contribution in [2.24, 2.45) is 5.73 Å². The maximum absolute atomic E-state index is 10.8. The number of primary amides is 1. The molecule has 1 aromatic carbocycles. The molecule has 0 spiro atoms. The zero-order valence-corrected chi connectivity index (χ0v) is 11.1. The lowest BCUT2D eigenvalue weighted by Crippen LogP contribution is -2.19. The highest BCUT2D eigenvalue weighted by atomic mass is 16.1. The van der Waals surface area contributed by atoms with Crippen LogP contribution in [0.3, 0.4) is 0 Å². The van der Waals surface area contributed by atoms with Crippen molar-refractivity contribution >= 4 is 11.7 Å². The second-order valence-electron chi connectivity index (χ2n) is 4.46. The van der Waals surface area contributed by atoms with Gasteiger partial charge in [-0.1, -0.05) is 12.1 Å². The highest BCUT2D eigenvalue weighted by Gasteiger charge is 2.08. The number of rotatable bonds is 5. The average Bonchev–Trinajstić information content (AvgIpc) is 2.85. The minimum Gasteiger partial charge on any atom is -0.368 e. The normalized spacial score (nSPS) is 11.6. The van der Waals surface area contributed by atoms with Crippen molar-refractivity contribution in [1.82, 2.24) is 9.78 Å². The van der Waals surface area contributed by atoms with Crippen molar-refractivity contribution in [3.63, 3.8) is 0 Å². The first-order valence-corrected chi connectivity index (χ1v) is 6.17. The van der Waals surface area contributed by atoms with Gasteiger partial charge in [0.25, 0.3) is 0 Å². The molecule has 102 valence electrons. The standard InChI is InChI=1S/C14H15N5O/c1-10(12-4-2-11(8-15)3-5-12)17-14-6-7-19(18-14)9-13(16)20/h2-7,10H,9H2,1H3,(H2,16,20)(H,17,18). The van der Waals surface area contributed by atoms with Gasteiger partial charge in [-0.2, -0.15) is 10.4 Å². The van der Waals surface area contributed by atoms with Crippen molar-refractivity contribution in [3.8, 4) is 6.07 Å². The molecule has 0 aliphatic heterocycles. The van der Waals surface area contributed by atoms with Gasteiger partial charge in [-0.05, 0) is 24.6 Å². The molecule has 0 aliphatic carbocycles. The van der Waals surface area contributed by atoms with Gasteiger partial charge in [-0.3, -0.25) is 9.48 Å². The number of amides is 1. The molecule has 20 heavy (non-hydrogen) atoms. The van der Waals surface area contributed by atoms with E-state index in [1.807, 2.05) is 19.1 Å². The van der Waals surface area contributed by atoms with Crippen LogP contribution in [0, 0.1) is 11.3 Å². The first-order valence-electron chi connectivity index (χ1n) is 6.17. The maximum atomic E-state index is 10.8. The first-order chi connectivity index (χ1) is 9.58. The predicted octanol–water partition coefficient (Wildman–Crippen LogP) is 1.41. The van der Waals surface area contributed by atoms with Crippen LogP contribution < -0.4 is 11.1 Å². The predicted molar refractivity (Wildman–Crippen MR) is 74.6 cm³/mol. The lowest BCUT2D eigenvalue weighted by molar-refractivity contribution is -0.118. The minimum atomic E-state index is -0.431. The Labute approximate surface area is 116 Å². The lowest BCUT2D eigenvalue weighted by atomic mass is 10.1. The van der Waals surface area contributed by atoms with E-state index >= 15 is 0 Å². The highest BCUT2D eigenvalue weighted by molar-refractivity contribution is 5.73. The molecule has 1 atom stereocenters. The lowest BCUT2D eigenvalue weighted by Gasteiger charge is -2.13. The van der Waals surface area contributed by atoms with Gasteiger partial charge in [0.2, 0.25) is 5.91 Å². The van der Waals surface area contributed by atoms with Gasteiger partial charge >= 0.3 is 0 Å². The number of nitrogens with two attached hydrogens (primary N) is 1. The van der Waals surface area contributed by atoms with Crippen molar-refractivity contribution in [2.75, 3.05) is 5.32 Å². The fraction of sp³-hybridized carbons (Fsp3) is 0.214. The minimum absolute atomic E-state index is 0.0414. The Balaban J connectivity index is 2.03. The fourth-order valence-electron chi connectivity index (χ4n) is 1.84. The summed E-state index contributed by atoms with van der Waals surface area (Å²) in [5, 5.41) is 16.2. The largest absolute Gasteiger partial charge is 0.368 e. The second-order valence-corrected chi connectivity index (χ2v) is 4.46. The Morgan fingerprint density at radius 3 is 2.75 bits per heavy atom. The van der Waals surface area contributed by atoms with Gasteiger partial charge in [0.05, 0.1) is 11.6 Å². The van der Waals surface area contributed by atoms with Crippen molar-refractivity contribution in [2.45, 2.75) is 19.5 Å². The number of nitrogens with zero attached hydrogens (tertiary/aromatic N) is 3. The Bertz CT molecular complexity index is 638. The van der Waals surface area contributed by atoms with E-state index in [9.17, 15) is 4.79 Å². The highest BCUT2D eigenvalue weighted by Crippen LogP contribution is 2.18. The zero-order chi connectivity index (χ0) is 14.5. The summed E-state index contributed by atoms with van der Waals surface area (Å²) in [6.45, 7) is 2.06. The van der Waals surface area contributed by atoms with E-state index in [1.165, 1.54) is 4.68 Å². The van der Waals surface area contributed by atoms with E-state index in [4.69, 9.17) is 11.0 Å². The summed E-state index contributed by atoms with van der Waals surface area (Å²) in [4.78, 5) is 10.8. The zero-order valence-electron chi connectivity index (χ0n) is 11.1. The Hall–Kier alpha value is -2.81. The Morgan fingerprint density at radius 2 is 2.15 bits per heavy atom. The molecule has 2 aromatic rings. The third kappa shape index (κ3) is 3.36. The first kappa shape index (κ1) is 13.6. The van der Waals surface area contributed by atoms with Crippen LogP contribution >= 0.6 is 0 Å². The average molecular weight is 269 g/mol. The van der Waals surface area contributed by atoms with E-state index in [-0.39, 0.29) is 12.6 Å². The number of nitriles is 1. The third-order valence-corrected chi connectivity index (χ3v) is 2.86. The van der Waals surface area contributed by atoms with Crippen LogP contribution in [-0.2, 0) is 11.3 Å². The van der Waals surface area contributed by atoms with Crippen LogP contribution in [0.25, 0.3) is 0 Å². The van der Waals surface area contributed by atoms with Crippen molar-refractivity contribution in [1.29, 1.82) is 5.26 Å². The molecule has 0 aliphatic rings. The Morgan fingerprint density at radius 1 is 1.45 bits per heavy atom. The fourth-order valence-corrected chi connectivity index (χ4v) is 1.84. The monoisotopic (exact) mass is 269 g/mol. The second kappa shape index (κ2) is 5.89. The van der Waals surface area contributed by atoms with Gasteiger partial charge in [0, 0.05) is 18.3 Å². The van der Waals surface area contributed by atoms with Crippen molar-refractivity contribution in [3.05, 3.63) is 47.7 Å². The van der Waals surface area contributed by atoms with Crippen LogP contribution in [0.15, 0.2) is 36.5 Å². The molecular weight excluding hydrogens is 254 g/mol. The van der Waals surface area contributed by atoms with E-state index in [0.29, 0.717) is 11.4 Å². The summed E-state index contributed by atoms with van der Waals surface area (Å²) in [5.74, 6) is 0.239. The van der Waals surface area contributed by atoms with E-state index in [0.717, 1.165) is 5.56 Å². The molecule has 0 saturated carbocycles. The van der Waals surface area contributed by atoms with Crippen LogP contribution in [0.4, 0.5) is 5.82 Å². The molecule has 2 rings (SSSR count). The SMILES string of the molecule is CC(Nc1ccn(CC(N)=O)n1)c1ccc(C#N)cc1. The quantitative estimate of drug-likeness (QED) is 0.857. The molecule has 0 bridgehead atoms. The van der Waals surface area contributed by atoms with Gasteiger partial charge in [-0.25, -0.2) is 0 Å². The molecule has 6 heteroatoms. The number of carbonyl (C=O) groups excluding carboxylic acids is 1. The molecule has 6 nitrogen and oxygen atoms in total. The summed E-state index contributed by atoms with van der Waals surface area (Å²) in [6.07, 6.45) is 1.69. The maximum Gasteiger partial charge on any atom is 0.239 e. The summed E-state index contributed by atoms with van der Waals surface area (Å²) >= 11 is 0. The van der Waals surface area contributed by atoms with Crippen LogP contribution in [-0.4, -0.2) is 15.7 Å². The number of hydrogen-bond donors (Lipinski definition) is 2. The molecule has 0 saturated heterocycles. The smallest absolute Gasteiger partial charge is 0.239 e. The number of anilines is 1. The summed E-state index contributed by atoms with van der Waals surface area (Å²) in [6, 6.07) is 11.3. The number of carbonyl (C=O) groups is 1. The number of aromatic nitrogens is 2. The molecule has 0 radical (unpaired) electrons. The van der Waals surface area contributed by atoms with Crippen LogP contribution in [0.1, 0.15) is 24.1 Å². The van der Waals surface area contributed by atoms with Crippen molar-refractivity contribution < 1.29 is 4.79 Å². The third-order valence-electron chi connectivity index (χ3n) is 2.86. The van der Waals surface area contributed by atoms with Gasteiger partial charge in [-0.15, -0.1) is 0 Å². The summed E-state index contributed by atoms with van der Waals surface area (Å²) < 4.78 is 1.48. The van der Waals surface area contributed by atoms with Gasteiger partial charge < -0.3 is 11.1 Å². The number of hydrogen-bond acceptors (Lipinski definition) is 4.